The van der Waals surface area contributed by atoms with E-state index in [0.717, 1.165) is 14.6 Å². The van der Waals surface area contributed by atoms with Gasteiger partial charge in [0.15, 0.2) is 4.34 Å². The molecule has 154 valence electrons. The fourth-order valence-electron chi connectivity index (χ4n) is 3.20. The van der Waals surface area contributed by atoms with Crippen LogP contribution in [0.15, 0.2) is 93.3 Å². The summed E-state index contributed by atoms with van der Waals surface area (Å²) in [5, 5.41) is 12.0. The highest BCUT2D eigenvalue weighted by atomic mass is 32.2. The van der Waals surface area contributed by atoms with Crippen LogP contribution < -0.4 is 4.72 Å². The lowest BCUT2D eigenvalue weighted by atomic mass is 10.1. The third-order valence-corrected chi connectivity index (χ3v) is 8.12. The normalized spacial score (nSPS) is 11.7. The maximum Gasteiger partial charge on any atom is 0.263 e. The molecule has 0 radical (unpaired) electrons. The lowest BCUT2D eigenvalue weighted by molar-refractivity contribution is 0.469. The molecule has 6 nitrogen and oxygen atoms in total. The number of anilines is 1. The van der Waals surface area contributed by atoms with Crippen LogP contribution in [0.2, 0.25) is 0 Å². The predicted octanol–water partition coefficient (Wildman–Crippen LogP) is 5.50. The monoisotopic (exact) mass is 465 g/mol. The molecule has 2 heterocycles. The van der Waals surface area contributed by atoms with Crippen molar-refractivity contribution in [2.45, 2.75) is 14.1 Å². The Morgan fingerprint density at radius 1 is 0.968 bits per heavy atom. The number of nitrogens with one attached hydrogen (secondary N) is 1. The van der Waals surface area contributed by atoms with E-state index in [-0.39, 0.29) is 10.6 Å². The summed E-state index contributed by atoms with van der Waals surface area (Å²) in [5.41, 5.74) is 1.26. The van der Waals surface area contributed by atoms with Crippen LogP contribution >= 0.6 is 23.1 Å². The van der Waals surface area contributed by atoms with E-state index in [1.807, 2.05) is 24.3 Å². The first-order chi connectivity index (χ1) is 15.0. The number of hydrogen-bond acceptors (Lipinski definition) is 7. The van der Waals surface area contributed by atoms with Crippen molar-refractivity contribution < 1.29 is 13.5 Å². The summed E-state index contributed by atoms with van der Waals surface area (Å²) in [7, 11) is -3.84. The number of rotatable bonds is 5. The van der Waals surface area contributed by atoms with Crippen molar-refractivity contribution in [3.05, 3.63) is 79.1 Å². The third kappa shape index (κ3) is 3.83. The van der Waals surface area contributed by atoms with Gasteiger partial charge < -0.3 is 5.11 Å². The predicted molar refractivity (Wildman–Crippen MR) is 124 cm³/mol. The quantitative estimate of drug-likeness (QED) is 0.333. The molecule has 5 rings (SSSR count). The first-order valence-electron chi connectivity index (χ1n) is 9.22. The van der Waals surface area contributed by atoms with Gasteiger partial charge in [-0.15, -0.1) is 11.3 Å². The summed E-state index contributed by atoms with van der Waals surface area (Å²) in [4.78, 5) is 9.08. The molecule has 0 fully saturated rings. The molecule has 0 aliphatic heterocycles. The van der Waals surface area contributed by atoms with Crippen LogP contribution in [-0.4, -0.2) is 23.5 Å². The van der Waals surface area contributed by atoms with Gasteiger partial charge in [-0.1, -0.05) is 48.2 Å². The fourth-order valence-corrected chi connectivity index (χ4v) is 6.35. The lowest BCUT2D eigenvalue weighted by Crippen LogP contribution is -2.13. The topological polar surface area (TPSA) is 92.2 Å². The first-order valence-corrected chi connectivity index (χ1v) is 12.3. The Balaban J connectivity index is 1.60. The van der Waals surface area contributed by atoms with Crippen molar-refractivity contribution in [2.24, 2.45) is 0 Å². The highest BCUT2D eigenvalue weighted by Gasteiger charge is 2.19. The second-order valence-electron chi connectivity index (χ2n) is 6.66. The van der Waals surface area contributed by atoms with Gasteiger partial charge >= 0.3 is 0 Å². The van der Waals surface area contributed by atoms with Gasteiger partial charge in [0.2, 0.25) is 0 Å². The number of aromatic nitrogens is 2. The number of para-hydroxylation sites is 1. The average molecular weight is 466 g/mol. The maximum absolute atomic E-state index is 12.9. The van der Waals surface area contributed by atoms with Gasteiger partial charge in [-0.3, -0.25) is 9.71 Å². The molecule has 0 saturated heterocycles. The molecule has 0 aliphatic carbocycles. The minimum atomic E-state index is -3.84. The fraction of sp³-hybridized carbons (Fsp3) is 0. The number of fused-ring (bicyclic) bond motifs is 2. The molecule has 0 unspecified atom stereocenters. The van der Waals surface area contributed by atoms with Gasteiger partial charge in [0.25, 0.3) is 10.0 Å². The van der Waals surface area contributed by atoms with Crippen molar-refractivity contribution in [3.63, 3.8) is 0 Å². The summed E-state index contributed by atoms with van der Waals surface area (Å²) in [6.45, 7) is 0. The minimum absolute atomic E-state index is 0.0625. The number of hydrogen-bond donors (Lipinski definition) is 2. The van der Waals surface area contributed by atoms with Crippen LogP contribution in [0, 0.1) is 0 Å². The number of thiazole rings is 1. The Bertz CT molecular complexity index is 1480. The Morgan fingerprint density at radius 2 is 1.74 bits per heavy atom. The van der Waals surface area contributed by atoms with Crippen molar-refractivity contribution >= 4 is 59.8 Å². The molecule has 9 heteroatoms. The number of phenols is 1. The SMILES string of the molecule is O=S(=O)(Nc1cc(Sc2nc3ccccc3s2)c(O)c2ccccc12)c1cccnc1. The molecule has 5 aromatic rings. The zero-order valence-corrected chi connectivity index (χ0v) is 18.3. The van der Waals surface area contributed by atoms with E-state index in [4.69, 9.17) is 0 Å². The van der Waals surface area contributed by atoms with Crippen molar-refractivity contribution in [1.29, 1.82) is 0 Å². The zero-order chi connectivity index (χ0) is 21.4. The summed E-state index contributed by atoms with van der Waals surface area (Å²) in [5.74, 6) is 0.0872. The smallest absolute Gasteiger partial charge is 0.263 e. The Labute approximate surface area is 186 Å². The molecule has 0 saturated carbocycles. The van der Waals surface area contributed by atoms with Crippen LogP contribution in [0.1, 0.15) is 0 Å². The van der Waals surface area contributed by atoms with E-state index in [0.29, 0.717) is 21.4 Å². The van der Waals surface area contributed by atoms with E-state index in [1.54, 1.807) is 36.4 Å². The van der Waals surface area contributed by atoms with Crippen molar-refractivity contribution in [1.82, 2.24) is 9.97 Å². The summed E-state index contributed by atoms with van der Waals surface area (Å²) in [6, 6.07) is 19.6. The van der Waals surface area contributed by atoms with E-state index < -0.39 is 10.0 Å². The molecule has 2 N–H and O–H groups in total. The largest absolute Gasteiger partial charge is 0.506 e. The van der Waals surface area contributed by atoms with Crippen LogP contribution in [0.3, 0.4) is 0 Å². The highest BCUT2D eigenvalue weighted by molar-refractivity contribution is 8.01. The second-order valence-corrected chi connectivity index (χ2v) is 10.7. The van der Waals surface area contributed by atoms with Crippen LogP contribution in [0.5, 0.6) is 5.75 Å². The molecule has 0 spiro atoms. The Kier molecular flexibility index (Phi) is 5.01. The Morgan fingerprint density at radius 3 is 2.52 bits per heavy atom. The number of benzene rings is 3. The molecular weight excluding hydrogens is 450 g/mol. The number of aromatic hydroxyl groups is 1. The van der Waals surface area contributed by atoms with Gasteiger partial charge in [0.05, 0.1) is 20.8 Å². The van der Waals surface area contributed by atoms with E-state index in [9.17, 15) is 13.5 Å². The minimum Gasteiger partial charge on any atom is -0.506 e. The molecule has 2 aromatic heterocycles. The molecule has 0 aliphatic rings. The van der Waals surface area contributed by atoms with Crippen LogP contribution in [0.4, 0.5) is 5.69 Å². The number of nitrogens with zero attached hydrogens (tertiary/aromatic N) is 2. The van der Waals surface area contributed by atoms with E-state index in [1.165, 1.54) is 41.6 Å². The molecule has 0 bridgehead atoms. The average Bonchev–Trinajstić information content (AvgIpc) is 3.20. The number of phenolic OH excluding ortho intramolecular Hbond substituents is 1. The van der Waals surface area contributed by atoms with E-state index in [2.05, 4.69) is 14.7 Å². The number of pyridine rings is 1. The summed E-state index contributed by atoms with van der Waals surface area (Å²) >= 11 is 2.82. The first kappa shape index (κ1) is 19.8. The third-order valence-electron chi connectivity index (χ3n) is 4.64. The molecule has 3 aromatic carbocycles. The molecular formula is C22H15N3O3S3. The molecule has 0 atom stereocenters. The molecule has 0 amide bonds. The van der Waals surface area contributed by atoms with Gasteiger partial charge in [0.1, 0.15) is 10.6 Å². The van der Waals surface area contributed by atoms with Crippen LogP contribution in [-0.2, 0) is 10.0 Å². The van der Waals surface area contributed by atoms with Gasteiger partial charge in [-0.2, -0.15) is 0 Å². The summed E-state index contributed by atoms with van der Waals surface area (Å²) < 4.78 is 30.2. The molecule has 31 heavy (non-hydrogen) atoms. The zero-order valence-electron chi connectivity index (χ0n) is 15.9. The standard InChI is InChI=1S/C22H15N3O3S3/c26-21-16-8-2-1-7-15(16)18(25-31(27,28)14-6-5-11-23-13-14)12-20(21)30-22-24-17-9-3-4-10-19(17)29-22/h1-13,25-26H. The Hall–Kier alpha value is -3.14. The van der Waals surface area contributed by atoms with Gasteiger partial charge in [0, 0.05) is 23.2 Å². The summed E-state index contributed by atoms with van der Waals surface area (Å²) in [6.07, 6.45) is 2.81. The van der Waals surface area contributed by atoms with Gasteiger partial charge in [-0.05, 0) is 30.3 Å². The lowest BCUT2D eigenvalue weighted by Gasteiger charge is -2.14. The van der Waals surface area contributed by atoms with Crippen LogP contribution in [0.25, 0.3) is 21.0 Å². The van der Waals surface area contributed by atoms with Gasteiger partial charge in [-0.25, -0.2) is 13.4 Å². The maximum atomic E-state index is 12.9. The van der Waals surface area contributed by atoms with Crippen molar-refractivity contribution in [3.8, 4) is 5.75 Å². The highest BCUT2D eigenvalue weighted by Crippen LogP contribution is 2.44. The van der Waals surface area contributed by atoms with Crippen molar-refractivity contribution in [2.75, 3.05) is 4.72 Å². The number of sulfonamides is 1. The second kappa shape index (κ2) is 7.84. The van der Waals surface area contributed by atoms with E-state index >= 15 is 0 Å².